The molecule has 2 atom stereocenters. The number of benzene rings is 2. The summed E-state index contributed by atoms with van der Waals surface area (Å²) >= 11 is 7.76. The fraction of sp³-hybridized carbons (Fsp3) is 0.526. The van der Waals surface area contributed by atoms with E-state index in [1.807, 2.05) is 11.0 Å². The maximum Gasteiger partial charge on any atom is 0.352 e. The highest BCUT2D eigenvalue weighted by molar-refractivity contribution is 7.23. The van der Waals surface area contributed by atoms with Gasteiger partial charge in [-0.25, -0.2) is 13.2 Å². The maximum absolute atomic E-state index is 17.2. The van der Waals surface area contributed by atoms with Crippen molar-refractivity contribution < 1.29 is 36.6 Å². The summed E-state index contributed by atoms with van der Waals surface area (Å²) < 4.78 is 82.9. The third kappa shape index (κ3) is 6.13. The number of nitriles is 1. The third-order valence-electron chi connectivity index (χ3n) is 11.9. The molecule has 0 unspecified atom stereocenters. The van der Waals surface area contributed by atoms with Crippen LogP contribution in [-0.4, -0.2) is 99.9 Å². The number of anilines is 2. The highest BCUT2D eigenvalue weighted by Crippen LogP contribution is 2.48. The summed E-state index contributed by atoms with van der Waals surface area (Å²) in [5.41, 5.74) is 2.20. The van der Waals surface area contributed by atoms with Crippen molar-refractivity contribution in [2.24, 2.45) is 5.41 Å². The number of halogens is 6. The number of fused-ring (bicyclic) bond motifs is 3. The van der Waals surface area contributed by atoms with E-state index >= 15 is 4.39 Å². The number of hydrogen-bond donors (Lipinski definition) is 2. The molecule has 10 nitrogen and oxygen atoms in total. The largest absolute Gasteiger partial charge is 0.461 e. The minimum absolute atomic E-state index is 0.0104. The van der Waals surface area contributed by atoms with Crippen LogP contribution < -0.4 is 15.4 Å². The summed E-state index contributed by atoms with van der Waals surface area (Å²) in [7, 11) is 0. The Labute approximate surface area is 322 Å². The van der Waals surface area contributed by atoms with Crippen LogP contribution in [0.25, 0.3) is 32.1 Å². The molecule has 0 radical (unpaired) electrons. The minimum Gasteiger partial charge on any atom is -0.461 e. The van der Waals surface area contributed by atoms with Crippen LogP contribution in [0.4, 0.5) is 32.8 Å². The van der Waals surface area contributed by atoms with Crippen molar-refractivity contribution in [1.29, 1.82) is 5.26 Å². The Morgan fingerprint density at radius 1 is 1.16 bits per heavy atom. The van der Waals surface area contributed by atoms with Gasteiger partial charge in [-0.3, -0.25) is 9.69 Å². The molecule has 0 saturated carbocycles. The number of carbonyl (C=O) groups is 1. The SMILES string of the molecule is CC(C)(O)C(F)(F)C(=O)N1CC2(CCCCN(c3nc(OC[C@@]45CCCN4C[C@H](F)C5)nc4c(F)c(-c5ccc(F)c6sc(N)c(C#N)c56)c(Cl)cc34)C2)C1. The zero-order chi connectivity index (χ0) is 39.2. The molecule has 4 aliphatic heterocycles. The van der Waals surface area contributed by atoms with Crippen LogP contribution in [0.3, 0.4) is 0 Å². The van der Waals surface area contributed by atoms with E-state index in [-0.39, 0.29) is 92.2 Å². The Kier molecular flexibility index (Phi) is 9.14. The first-order chi connectivity index (χ1) is 26.0. The Morgan fingerprint density at radius 2 is 1.93 bits per heavy atom. The maximum atomic E-state index is 17.2. The van der Waals surface area contributed by atoms with E-state index < -0.39 is 46.2 Å². The Balaban J connectivity index is 1.22. The number of carbonyl (C=O) groups excluding carboxylic acids is 1. The molecule has 17 heteroatoms. The molecule has 8 rings (SSSR count). The van der Waals surface area contributed by atoms with Gasteiger partial charge in [-0.05, 0) is 63.8 Å². The van der Waals surface area contributed by atoms with Gasteiger partial charge in [0.15, 0.2) is 5.82 Å². The number of nitrogen functional groups attached to an aromatic ring is 1. The van der Waals surface area contributed by atoms with Gasteiger partial charge >= 0.3 is 11.9 Å². The number of ether oxygens (including phenoxy) is 1. The van der Waals surface area contributed by atoms with Crippen LogP contribution in [0, 0.1) is 28.4 Å². The monoisotopic (exact) mass is 803 g/mol. The molecule has 2 aromatic carbocycles. The average Bonchev–Trinajstić information content (AvgIpc) is 3.69. The predicted octanol–water partition coefficient (Wildman–Crippen LogP) is 7.08. The Hall–Kier alpha value is -4.04. The van der Waals surface area contributed by atoms with Gasteiger partial charge in [-0.2, -0.15) is 24.0 Å². The highest BCUT2D eigenvalue weighted by atomic mass is 35.5. The van der Waals surface area contributed by atoms with Crippen molar-refractivity contribution >= 4 is 60.7 Å². The summed E-state index contributed by atoms with van der Waals surface area (Å²) in [6.07, 6.45) is 2.87. The molecule has 0 bridgehead atoms. The van der Waals surface area contributed by atoms with Gasteiger partial charge in [0.1, 0.15) is 46.6 Å². The molecular weight excluding hydrogens is 765 g/mol. The van der Waals surface area contributed by atoms with E-state index in [1.54, 1.807) is 0 Å². The molecule has 1 spiro atoms. The molecular formula is C38H39ClF5N7O3S. The fourth-order valence-corrected chi connectivity index (χ4v) is 10.3. The summed E-state index contributed by atoms with van der Waals surface area (Å²) in [5.74, 6) is -6.67. The number of hydrogen-bond acceptors (Lipinski definition) is 10. The van der Waals surface area contributed by atoms with Crippen LogP contribution in [-0.2, 0) is 4.79 Å². The van der Waals surface area contributed by atoms with Crippen LogP contribution >= 0.6 is 22.9 Å². The predicted molar refractivity (Wildman–Crippen MR) is 199 cm³/mol. The van der Waals surface area contributed by atoms with Gasteiger partial charge in [-0.1, -0.05) is 24.1 Å². The normalized spacial score (nSPS) is 22.9. The van der Waals surface area contributed by atoms with Gasteiger partial charge in [-0.15, -0.1) is 11.3 Å². The molecule has 0 aliphatic carbocycles. The van der Waals surface area contributed by atoms with Crippen molar-refractivity contribution in [2.75, 3.05) is 56.5 Å². The van der Waals surface area contributed by atoms with Crippen LogP contribution in [0.5, 0.6) is 6.01 Å². The molecule has 3 N–H and O–H groups in total. The smallest absolute Gasteiger partial charge is 0.352 e. The van der Waals surface area contributed by atoms with Crippen LogP contribution in [0.2, 0.25) is 5.02 Å². The average molecular weight is 804 g/mol. The summed E-state index contributed by atoms with van der Waals surface area (Å²) in [6, 6.07) is 5.84. The van der Waals surface area contributed by atoms with E-state index in [1.165, 1.54) is 12.1 Å². The number of aliphatic hydroxyl groups is 1. The van der Waals surface area contributed by atoms with Crippen LogP contribution in [0.1, 0.15) is 57.9 Å². The summed E-state index contributed by atoms with van der Waals surface area (Å²) in [4.78, 5) is 27.2. The molecule has 2 aromatic heterocycles. The molecule has 4 fully saturated rings. The van der Waals surface area contributed by atoms with E-state index in [0.29, 0.717) is 32.4 Å². The lowest BCUT2D eigenvalue weighted by atomic mass is 9.75. The molecule has 292 valence electrons. The molecule has 4 saturated heterocycles. The minimum atomic E-state index is -3.99. The van der Waals surface area contributed by atoms with Gasteiger partial charge < -0.3 is 25.4 Å². The van der Waals surface area contributed by atoms with Gasteiger partial charge in [0.25, 0.3) is 5.91 Å². The van der Waals surface area contributed by atoms with E-state index in [4.69, 9.17) is 27.1 Å². The van der Waals surface area contributed by atoms with Crippen LogP contribution in [0.15, 0.2) is 18.2 Å². The number of nitrogens with two attached hydrogens (primary N) is 1. The lowest BCUT2D eigenvalue weighted by Gasteiger charge is -2.52. The van der Waals surface area contributed by atoms with Crippen molar-refractivity contribution in [2.45, 2.75) is 75.6 Å². The number of amides is 1. The van der Waals surface area contributed by atoms with Gasteiger partial charge in [0.05, 0.1) is 20.8 Å². The van der Waals surface area contributed by atoms with Gasteiger partial charge in [0.2, 0.25) is 0 Å². The Morgan fingerprint density at radius 3 is 2.65 bits per heavy atom. The summed E-state index contributed by atoms with van der Waals surface area (Å²) in [5, 5.41) is 20.3. The second-order valence-electron chi connectivity index (χ2n) is 16.1. The first-order valence-corrected chi connectivity index (χ1v) is 19.4. The van der Waals surface area contributed by atoms with E-state index in [2.05, 4.69) is 9.88 Å². The summed E-state index contributed by atoms with van der Waals surface area (Å²) in [6.45, 7) is 3.64. The first-order valence-electron chi connectivity index (χ1n) is 18.2. The van der Waals surface area contributed by atoms with Crippen molar-refractivity contribution in [3.8, 4) is 23.2 Å². The van der Waals surface area contributed by atoms with E-state index in [0.717, 1.165) is 55.5 Å². The number of aromatic nitrogens is 2. The third-order valence-corrected chi connectivity index (χ3v) is 13.2. The second kappa shape index (κ2) is 13.3. The second-order valence-corrected chi connectivity index (χ2v) is 17.5. The van der Waals surface area contributed by atoms with Crippen molar-refractivity contribution in [1.82, 2.24) is 19.8 Å². The molecule has 1 amide bonds. The quantitative estimate of drug-likeness (QED) is 0.188. The molecule has 4 aromatic rings. The lowest BCUT2D eigenvalue weighted by molar-refractivity contribution is -0.202. The number of thiophene rings is 1. The first kappa shape index (κ1) is 37.9. The molecule has 6 heterocycles. The molecule has 4 aliphatic rings. The number of alkyl halides is 3. The molecule has 55 heavy (non-hydrogen) atoms. The van der Waals surface area contributed by atoms with Gasteiger partial charge in [0, 0.05) is 60.9 Å². The van der Waals surface area contributed by atoms with Crippen molar-refractivity contribution in [3.05, 3.63) is 40.4 Å². The highest BCUT2D eigenvalue weighted by Gasteiger charge is 2.59. The van der Waals surface area contributed by atoms with Crippen molar-refractivity contribution in [3.63, 3.8) is 0 Å². The topological polar surface area (TPSA) is 132 Å². The fourth-order valence-electron chi connectivity index (χ4n) is 9.04. The number of nitrogens with zero attached hydrogens (tertiary/aromatic N) is 6. The van der Waals surface area contributed by atoms with E-state index in [9.17, 15) is 32.7 Å². The zero-order valence-corrected chi connectivity index (χ0v) is 31.8. The lowest BCUT2D eigenvalue weighted by Crippen LogP contribution is -2.67. The number of likely N-dealkylation sites (tertiary alicyclic amines) is 1. The standard InChI is InChI=1S/C38H39ClF5N7O3S/c1-35(2,53)38(43,44)33(52)50-17-36(18-50)8-3-4-10-49(16-36)32-22-12-24(39)27(21-6-7-25(41)30-26(21)23(14-45)31(46)55-30)28(42)29(22)47-34(48-32)54-19-37-9-5-11-51(37)15-20(40)13-37/h6-7,12,20,53H,3-5,8-11,13,15-19,46H2,1-2H3/t20-,37+/m1/s1. The Bertz CT molecular complexity index is 2270. The zero-order valence-electron chi connectivity index (χ0n) is 30.2. The number of rotatable bonds is 7.